The van der Waals surface area contributed by atoms with Gasteiger partial charge in [0, 0.05) is 11.1 Å². The molecule has 1 atom stereocenters. The third-order valence-electron chi connectivity index (χ3n) is 2.46. The van der Waals surface area contributed by atoms with Crippen LogP contribution in [0.1, 0.15) is 33.1 Å². The van der Waals surface area contributed by atoms with Crippen LogP contribution in [-0.4, -0.2) is 6.61 Å². The maximum absolute atomic E-state index is 12.7. The Balaban J connectivity index is 2.83. The van der Waals surface area contributed by atoms with E-state index >= 15 is 0 Å². The van der Waals surface area contributed by atoms with Crippen molar-refractivity contribution in [3.63, 3.8) is 0 Å². The number of hydrogen-bond acceptors (Lipinski definition) is 2. The third-order valence-corrected chi connectivity index (χ3v) is 4.73. The number of unbranched alkanes of at least 4 members (excludes halogenated alkanes) is 2. The first kappa shape index (κ1) is 14.2. The Morgan fingerprint density at radius 2 is 1.94 bits per heavy atom. The maximum atomic E-state index is 12.7. The molecule has 0 aromatic heterocycles. The molecule has 0 saturated carbocycles. The fourth-order valence-corrected chi connectivity index (χ4v) is 3.37. The van der Waals surface area contributed by atoms with Gasteiger partial charge in [-0.25, -0.2) is 0 Å². The molecule has 2 nitrogen and oxygen atoms in total. The second-order valence-corrected chi connectivity index (χ2v) is 6.14. The fraction of sp³-hybridized carbons (Fsp3) is 0.429. The zero-order chi connectivity index (χ0) is 12.6. The van der Waals surface area contributed by atoms with Gasteiger partial charge in [0.05, 0.1) is 6.61 Å². The molecule has 1 aromatic rings. The molecule has 3 heteroatoms. The molecule has 0 heterocycles. The summed E-state index contributed by atoms with van der Waals surface area (Å²) in [5, 5.41) is 0.773. The Morgan fingerprint density at radius 1 is 1.24 bits per heavy atom. The van der Waals surface area contributed by atoms with E-state index in [0.717, 1.165) is 24.6 Å². The monoisotopic (exact) mass is 252 g/mol. The summed E-state index contributed by atoms with van der Waals surface area (Å²) in [6.07, 6.45) is 5.21. The largest absolute Gasteiger partial charge is 0.323 e. The first-order valence-corrected chi connectivity index (χ1v) is 7.90. The Labute approximate surface area is 104 Å². The SMILES string of the molecule is CCCC/C=C/P(=O)(OCC)c1ccccc1. The van der Waals surface area contributed by atoms with Crippen LogP contribution in [0.15, 0.2) is 42.2 Å². The van der Waals surface area contributed by atoms with Crippen molar-refractivity contribution in [3.8, 4) is 0 Å². The molecule has 0 N–H and O–H groups in total. The van der Waals surface area contributed by atoms with Gasteiger partial charge in [-0.2, -0.15) is 0 Å². The van der Waals surface area contributed by atoms with Gasteiger partial charge in [0.25, 0.3) is 7.37 Å². The molecular formula is C14H21O2P. The van der Waals surface area contributed by atoms with Gasteiger partial charge >= 0.3 is 0 Å². The molecule has 0 aliphatic heterocycles. The van der Waals surface area contributed by atoms with E-state index < -0.39 is 7.37 Å². The Bertz CT molecular complexity index is 384. The van der Waals surface area contributed by atoms with Crippen molar-refractivity contribution in [1.82, 2.24) is 0 Å². The van der Waals surface area contributed by atoms with Crippen molar-refractivity contribution < 1.29 is 9.09 Å². The predicted octanol–water partition coefficient (Wildman–Crippen LogP) is 4.33. The zero-order valence-electron chi connectivity index (χ0n) is 10.6. The summed E-state index contributed by atoms with van der Waals surface area (Å²) in [7, 11) is -2.79. The molecule has 94 valence electrons. The van der Waals surface area contributed by atoms with Gasteiger partial charge in [-0.05, 0) is 25.5 Å². The second-order valence-electron chi connectivity index (χ2n) is 3.88. The van der Waals surface area contributed by atoms with Crippen LogP contribution in [0.3, 0.4) is 0 Å². The van der Waals surface area contributed by atoms with Crippen LogP contribution in [0, 0.1) is 0 Å². The minimum Gasteiger partial charge on any atom is -0.323 e. The minimum absolute atomic E-state index is 0.463. The van der Waals surface area contributed by atoms with Crippen molar-refractivity contribution in [2.24, 2.45) is 0 Å². The number of benzene rings is 1. The highest BCUT2D eigenvalue weighted by atomic mass is 31.2. The van der Waals surface area contributed by atoms with Crippen LogP contribution in [0.4, 0.5) is 0 Å². The van der Waals surface area contributed by atoms with Gasteiger partial charge in [0.15, 0.2) is 0 Å². The third kappa shape index (κ3) is 4.49. The van der Waals surface area contributed by atoms with Crippen LogP contribution in [-0.2, 0) is 9.09 Å². The lowest BCUT2D eigenvalue weighted by molar-refractivity contribution is 0.347. The average Bonchev–Trinajstić information content (AvgIpc) is 2.36. The summed E-state index contributed by atoms with van der Waals surface area (Å²) in [5.41, 5.74) is 0. The number of allylic oxidation sites excluding steroid dienone is 1. The normalized spacial score (nSPS) is 14.9. The van der Waals surface area contributed by atoms with Crippen LogP contribution < -0.4 is 5.30 Å². The second kappa shape index (κ2) is 7.47. The van der Waals surface area contributed by atoms with E-state index in [1.165, 1.54) is 0 Å². The van der Waals surface area contributed by atoms with E-state index in [1.807, 2.05) is 43.3 Å². The molecule has 1 rings (SSSR count). The minimum atomic E-state index is -2.79. The highest BCUT2D eigenvalue weighted by Crippen LogP contribution is 2.47. The van der Waals surface area contributed by atoms with Gasteiger partial charge < -0.3 is 4.52 Å². The van der Waals surface area contributed by atoms with E-state index in [1.54, 1.807) is 5.82 Å². The molecule has 0 spiro atoms. The van der Waals surface area contributed by atoms with Crippen molar-refractivity contribution in [2.75, 3.05) is 6.61 Å². The lowest BCUT2D eigenvalue weighted by Gasteiger charge is -2.13. The summed E-state index contributed by atoms with van der Waals surface area (Å²) in [6.45, 7) is 4.48. The molecule has 0 saturated heterocycles. The molecule has 1 unspecified atom stereocenters. The van der Waals surface area contributed by atoms with Crippen LogP contribution >= 0.6 is 7.37 Å². The Hall–Kier alpha value is -0.850. The average molecular weight is 252 g/mol. The van der Waals surface area contributed by atoms with Crippen molar-refractivity contribution in [2.45, 2.75) is 33.1 Å². The molecule has 0 fully saturated rings. The van der Waals surface area contributed by atoms with Crippen LogP contribution in [0.2, 0.25) is 0 Å². The highest BCUT2D eigenvalue weighted by molar-refractivity contribution is 7.70. The van der Waals surface area contributed by atoms with E-state index in [0.29, 0.717) is 6.61 Å². The summed E-state index contributed by atoms with van der Waals surface area (Å²) in [5.74, 6) is 1.75. The van der Waals surface area contributed by atoms with E-state index in [4.69, 9.17) is 4.52 Å². The van der Waals surface area contributed by atoms with Gasteiger partial charge in [-0.3, -0.25) is 4.57 Å². The Kier molecular flexibility index (Phi) is 6.25. The summed E-state index contributed by atoms with van der Waals surface area (Å²) in [4.78, 5) is 0. The first-order valence-electron chi connectivity index (χ1n) is 6.20. The van der Waals surface area contributed by atoms with Gasteiger partial charge in [0.2, 0.25) is 0 Å². The van der Waals surface area contributed by atoms with Crippen molar-refractivity contribution in [3.05, 3.63) is 42.2 Å². The van der Waals surface area contributed by atoms with Gasteiger partial charge in [-0.15, -0.1) is 0 Å². The Morgan fingerprint density at radius 3 is 2.53 bits per heavy atom. The van der Waals surface area contributed by atoms with Crippen LogP contribution in [0.25, 0.3) is 0 Å². The van der Waals surface area contributed by atoms with Crippen molar-refractivity contribution in [1.29, 1.82) is 0 Å². The molecule has 1 aromatic carbocycles. The van der Waals surface area contributed by atoms with Gasteiger partial charge in [-0.1, -0.05) is 44.0 Å². The maximum Gasteiger partial charge on any atom is 0.253 e. The lowest BCUT2D eigenvalue weighted by atomic mass is 10.2. The quantitative estimate of drug-likeness (QED) is 0.533. The molecule has 0 aliphatic carbocycles. The molecule has 0 bridgehead atoms. The number of hydrogen-bond donors (Lipinski definition) is 0. The standard InChI is InChI=1S/C14H21O2P/c1-3-5-6-10-13-17(15,16-4-2)14-11-8-7-9-12-14/h7-13H,3-6H2,1-2H3/b13-10+. The summed E-state index contributed by atoms with van der Waals surface area (Å²) >= 11 is 0. The van der Waals surface area contributed by atoms with Crippen molar-refractivity contribution >= 4 is 12.7 Å². The fourth-order valence-electron chi connectivity index (χ4n) is 1.57. The smallest absolute Gasteiger partial charge is 0.253 e. The van der Waals surface area contributed by atoms with E-state index in [2.05, 4.69) is 6.92 Å². The molecule has 0 aliphatic rings. The van der Waals surface area contributed by atoms with E-state index in [9.17, 15) is 4.57 Å². The van der Waals surface area contributed by atoms with Gasteiger partial charge in [0.1, 0.15) is 0 Å². The van der Waals surface area contributed by atoms with Crippen LogP contribution in [0.5, 0.6) is 0 Å². The zero-order valence-corrected chi connectivity index (χ0v) is 11.5. The first-order chi connectivity index (χ1) is 8.23. The molecule has 0 radical (unpaired) electrons. The summed E-state index contributed by atoms with van der Waals surface area (Å²) < 4.78 is 18.1. The van der Waals surface area contributed by atoms with E-state index in [-0.39, 0.29) is 0 Å². The predicted molar refractivity (Wildman–Crippen MR) is 74.0 cm³/mol. The summed E-state index contributed by atoms with van der Waals surface area (Å²) in [6, 6.07) is 9.42. The molecular weight excluding hydrogens is 231 g/mol. The lowest BCUT2D eigenvalue weighted by Crippen LogP contribution is -2.05. The number of rotatable bonds is 7. The molecule has 0 amide bonds. The highest BCUT2D eigenvalue weighted by Gasteiger charge is 2.20. The molecule has 17 heavy (non-hydrogen) atoms. The topological polar surface area (TPSA) is 26.3 Å².